The standard InChI is InChI=1S/C11H13NO4/c1-7(14)12-9-5-3-4-8(6-13)10(9)11(15)16-2/h3-5,13H,6H2,1-2H3,(H,12,14). The van der Waals surface area contributed by atoms with Crippen LogP contribution in [0.5, 0.6) is 0 Å². The summed E-state index contributed by atoms with van der Waals surface area (Å²) < 4.78 is 4.60. The summed E-state index contributed by atoms with van der Waals surface area (Å²) in [7, 11) is 1.24. The van der Waals surface area contributed by atoms with E-state index in [4.69, 9.17) is 5.11 Å². The Bertz CT molecular complexity index is 414. The van der Waals surface area contributed by atoms with Crippen LogP contribution >= 0.6 is 0 Å². The molecule has 1 aromatic carbocycles. The van der Waals surface area contributed by atoms with E-state index in [9.17, 15) is 9.59 Å². The second-order valence-electron chi connectivity index (χ2n) is 3.17. The number of amides is 1. The number of carbonyl (C=O) groups excluding carboxylic acids is 2. The van der Waals surface area contributed by atoms with E-state index < -0.39 is 5.97 Å². The highest BCUT2D eigenvalue weighted by atomic mass is 16.5. The van der Waals surface area contributed by atoms with Crippen LogP contribution in [0.15, 0.2) is 18.2 Å². The van der Waals surface area contributed by atoms with Gasteiger partial charge in [0.1, 0.15) is 0 Å². The number of hydrogen-bond donors (Lipinski definition) is 2. The fourth-order valence-electron chi connectivity index (χ4n) is 1.37. The SMILES string of the molecule is COC(=O)c1c(CO)cccc1NC(C)=O. The molecule has 0 atom stereocenters. The third kappa shape index (κ3) is 2.58. The van der Waals surface area contributed by atoms with E-state index in [0.29, 0.717) is 11.3 Å². The van der Waals surface area contributed by atoms with Crippen LogP contribution in [0.4, 0.5) is 5.69 Å². The summed E-state index contributed by atoms with van der Waals surface area (Å²) in [6.45, 7) is 1.05. The van der Waals surface area contributed by atoms with E-state index >= 15 is 0 Å². The molecule has 0 saturated heterocycles. The van der Waals surface area contributed by atoms with Crippen molar-refractivity contribution in [1.82, 2.24) is 0 Å². The first kappa shape index (κ1) is 12.2. The predicted octanol–water partition coefficient (Wildman–Crippen LogP) is 0.924. The van der Waals surface area contributed by atoms with Gasteiger partial charge < -0.3 is 15.2 Å². The second-order valence-corrected chi connectivity index (χ2v) is 3.17. The van der Waals surface area contributed by atoms with Gasteiger partial charge in [0.05, 0.1) is 25.0 Å². The van der Waals surface area contributed by atoms with Crippen LogP contribution < -0.4 is 5.32 Å². The highest BCUT2D eigenvalue weighted by molar-refractivity contribution is 6.01. The lowest BCUT2D eigenvalue weighted by Crippen LogP contribution is -2.14. The van der Waals surface area contributed by atoms with Gasteiger partial charge >= 0.3 is 5.97 Å². The number of rotatable bonds is 3. The van der Waals surface area contributed by atoms with Gasteiger partial charge in [0, 0.05) is 6.92 Å². The molecule has 0 saturated carbocycles. The summed E-state index contributed by atoms with van der Waals surface area (Å²) in [5, 5.41) is 11.6. The molecular formula is C11H13NO4. The number of carbonyl (C=O) groups is 2. The minimum Gasteiger partial charge on any atom is -0.465 e. The summed E-state index contributed by atoms with van der Waals surface area (Å²) in [5.74, 6) is -0.881. The molecule has 2 N–H and O–H groups in total. The van der Waals surface area contributed by atoms with Gasteiger partial charge in [0.2, 0.25) is 5.91 Å². The molecule has 0 aliphatic carbocycles. The molecule has 0 heterocycles. The number of aliphatic hydroxyl groups excluding tert-OH is 1. The average molecular weight is 223 g/mol. The molecule has 1 aromatic rings. The number of anilines is 1. The zero-order chi connectivity index (χ0) is 12.1. The molecule has 0 aromatic heterocycles. The molecule has 0 fully saturated rings. The number of nitrogens with one attached hydrogen (secondary N) is 1. The van der Waals surface area contributed by atoms with Crippen LogP contribution in [0.3, 0.4) is 0 Å². The van der Waals surface area contributed by atoms with Crippen molar-refractivity contribution in [3.05, 3.63) is 29.3 Å². The summed E-state index contributed by atoms with van der Waals surface area (Å²) in [6, 6.07) is 4.81. The Hall–Kier alpha value is -1.88. The van der Waals surface area contributed by atoms with E-state index in [1.807, 2.05) is 0 Å². The molecule has 0 aliphatic rings. The lowest BCUT2D eigenvalue weighted by atomic mass is 10.1. The Morgan fingerprint density at radius 2 is 2.12 bits per heavy atom. The molecule has 0 spiro atoms. The summed E-state index contributed by atoms with van der Waals surface area (Å²) in [6.07, 6.45) is 0. The fraction of sp³-hybridized carbons (Fsp3) is 0.273. The summed E-state index contributed by atoms with van der Waals surface area (Å²) in [5.41, 5.74) is 0.937. The van der Waals surface area contributed by atoms with E-state index in [2.05, 4.69) is 10.1 Å². The predicted molar refractivity (Wildman–Crippen MR) is 58.0 cm³/mol. The van der Waals surface area contributed by atoms with Gasteiger partial charge in [-0.2, -0.15) is 0 Å². The second kappa shape index (κ2) is 5.27. The number of benzene rings is 1. The van der Waals surface area contributed by atoms with Crippen molar-refractivity contribution in [2.45, 2.75) is 13.5 Å². The number of aliphatic hydroxyl groups is 1. The van der Waals surface area contributed by atoms with E-state index in [-0.39, 0.29) is 18.1 Å². The molecular weight excluding hydrogens is 210 g/mol. The third-order valence-corrected chi connectivity index (χ3v) is 2.02. The van der Waals surface area contributed by atoms with E-state index in [1.165, 1.54) is 14.0 Å². The van der Waals surface area contributed by atoms with Crippen molar-refractivity contribution in [3.63, 3.8) is 0 Å². The molecule has 5 heteroatoms. The van der Waals surface area contributed by atoms with Crippen LogP contribution in [-0.2, 0) is 16.1 Å². The molecule has 0 radical (unpaired) electrons. The summed E-state index contributed by atoms with van der Waals surface area (Å²) >= 11 is 0. The van der Waals surface area contributed by atoms with Crippen LogP contribution in [0.2, 0.25) is 0 Å². The molecule has 1 rings (SSSR count). The van der Waals surface area contributed by atoms with Crippen molar-refractivity contribution < 1.29 is 19.4 Å². The van der Waals surface area contributed by atoms with Crippen LogP contribution in [0.25, 0.3) is 0 Å². The van der Waals surface area contributed by atoms with Gasteiger partial charge in [-0.3, -0.25) is 4.79 Å². The average Bonchev–Trinajstić information content (AvgIpc) is 2.27. The Labute approximate surface area is 93.0 Å². The Morgan fingerprint density at radius 3 is 2.62 bits per heavy atom. The maximum absolute atomic E-state index is 11.5. The molecule has 86 valence electrons. The Balaban J connectivity index is 3.25. The molecule has 0 bridgehead atoms. The quantitative estimate of drug-likeness (QED) is 0.747. The van der Waals surface area contributed by atoms with Gasteiger partial charge in [0.25, 0.3) is 0 Å². The topological polar surface area (TPSA) is 75.6 Å². The number of hydrogen-bond acceptors (Lipinski definition) is 4. The van der Waals surface area contributed by atoms with Gasteiger partial charge in [-0.05, 0) is 11.6 Å². The molecule has 5 nitrogen and oxygen atoms in total. The molecule has 0 aliphatic heterocycles. The van der Waals surface area contributed by atoms with E-state index in [1.54, 1.807) is 18.2 Å². The van der Waals surface area contributed by atoms with Crippen LogP contribution in [0.1, 0.15) is 22.8 Å². The van der Waals surface area contributed by atoms with Gasteiger partial charge in [-0.25, -0.2) is 4.79 Å². The number of methoxy groups -OCH3 is 1. The van der Waals surface area contributed by atoms with Crippen LogP contribution in [0, 0.1) is 0 Å². The highest BCUT2D eigenvalue weighted by Crippen LogP contribution is 2.21. The first-order valence-electron chi connectivity index (χ1n) is 4.68. The van der Waals surface area contributed by atoms with Crippen molar-refractivity contribution in [3.8, 4) is 0 Å². The maximum Gasteiger partial charge on any atom is 0.340 e. The smallest absolute Gasteiger partial charge is 0.340 e. The van der Waals surface area contributed by atoms with Crippen molar-refractivity contribution in [1.29, 1.82) is 0 Å². The zero-order valence-electron chi connectivity index (χ0n) is 9.11. The lowest BCUT2D eigenvalue weighted by molar-refractivity contribution is -0.114. The monoisotopic (exact) mass is 223 g/mol. The highest BCUT2D eigenvalue weighted by Gasteiger charge is 2.16. The largest absolute Gasteiger partial charge is 0.465 e. The van der Waals surface area contributed by atoms with Gasteiger partial charge in [0.15, 0.2) is 0 Å². The molecule has 16 heavy (non-hydrogen) atoms. The minimum absolute atomic E-state index is 0.183. The normalized spacial score (nSPS) is 9.69. The van der Waals surface area contributed by atoms with Gasteiger partial charge in [-0.15, -0.1) is 0 Å². The number of ether oxygens (including phenoxy) is 1. The molecule has 0 unspecified atom stereocenters. The zero-order valence-corrected chi connectivity index (χ0v) is 9.11. The Morgan fingerprint density at radius 1 is 1.44 bits per heavy atom. The van der Waals surface area contributed by atoms with Crippen molar-refractivity contribution in [2.24, 2.45) is 0 Å². The van der Waals surface area contributed by atoms with E-state index in [0.717, 1.165) is 0 Å². The van der Waals surface area contributed by atoms with Crippen molar-refractivity contribution >= 4 is 17.6 Å². The maximum atomic E-state index is 11.5. The first-order chi connectivity index (χ1) is 7.60. The van der Waals surface area contributed by atoms with Crippen molar-refractivity contribution in [2.75, 3.05) is 12.4 Å². The third-order valence-electron chi connectivity index (χ3n) is 2.02. The fourth-order valence-corrected chi connectivity index (χ4v) is 1.37. The number of esters is 1. The summed E-state index contributed by atoms with van der Waals surface area (Å²) in [4.78, 5) is 22.5. The Kier molecular flexibility index (Phi) is 4.02. The van der Waals surface area contributed by atoms with Crippen LogP contribution in [-0.4, -0.2) is 24.1 Å². The van der Waals surface area contributed by atoms with Gasteiger partial charge in [-0.1, -0.05) is 12.1 Å². The lowest BCUT2D eigenvalue weighted by Gasteiger charge is -2.11. The first-order valence-corrected chi connectivity index (χ1v) is 4.68. The minimum atomic E-state index is -0.589. The molecule has 1 amide bonds.